The summed E-state index contributed by atoms with van der Waals surface area (Å²) in [5.74, 6) is 1.61. The van der Waals surface area contributed by atoms with Gasteiger partial charge in [-0.25, -0.2) is 0 Å². The average Bonchev–Trinajstić information content (AvgIpc) is 3.76. The van der Waals surface area contributed by atoms with E-state index in [1.54, 1.807) is 32.8 Å². The maximum atomic E-state index is 13.6. The normalized spacial score (nSPS) is 17.0. The third-order valence-corrected chi connectivity index (χ3v) is 11.1. The van der Waals surface area contributed by atoms with Crippen molar-refractivity contribution in [2.75, 3.05) is 62.2 Å². The molecule has 1 unspecified atom stereocenters. The summed E-state index contributed by atoms with van der Waals surface area (Å²) in [7, 11) is 0.841. The van der Waals surface area contributed by atoms with E-state index in [-0.39, 0.29) is 0 Å². The Morgan fingerprint density at radius 1 is 1.00 bits per heavy atom. The van der Waals surface area contributed by atoms with E-state index in [1.807, 2.05) is 48.5 Å². The van der Waals surface area contributed by atoms with Crippen LogP contribution < -0.4 is 25.6 Å². The van der Waals surface area contributed by atoms with Crippen LogP contribution in [0.25, 0.3) is 33.2 Å². The van der Waals surface area contributed by atoms with E-state index >= 15 is 0 Å². The van der Waals surface area contributed by atoms with Crippen molar-refractivity contribution < 1.29 is 9.30 Å². The molecule has 3 N–H and O–H groups in total. The van der Waals surface area contributed by atoms with Gasteiger partial charge in [0.2, 0.25) is 5.95 Å². The number of nitrogens with zero attached hydrogens (tertiary/aromatic N) is 8. The highest BCUT2D eigenvalue weighted by Gasteiger charge is 2.31. The molecule has 8 rings (SSSR count). The summed E-state index contributed by atoms with van der Waals surface area (Å²) < 4.78 is 21.4. The monoisotopic (exact) mass is 677 g/mol. The van der Waals surface area contributed by atoms with E-state index in [9.17, 15) is 4.57 Å². The van der Waals surface area contributed by atoms with Crippen molar-refractivity contribution >= 4 is 63.3 Å². The predicted octanol–water partition coefficient (Wildman–Crippen LogP) is 5.72. The molecule has 6 aromatic rings. The Kier molecular flexibility index (Phi) is 7.96. The first kappa shape index (κ1) is 31.3. The number of nitrogens with one attached hydrogen (secondary N) is 3. The molecular weight excluding hydrogens is 637 g/mol. The van der Waals surface area contributed by atoms with Gasteiger partial charge in [0.05, 0.1) is 40.9 Å². The van der Waals surface area contributed by atoms with Gasteiger partial charge in [0.15, 0.2) is 0 Å². The standard InChI is InChI=1S/C35H40N11O2P/c1-44-20-22(19-39-44)25-17-28(30(48-2)18-29(25)46-16-15-45-14-6-5-7-23(45)21-46)41-35-42-33-24(10-11-38-33)34(43-35)40-27-9-8-26-31(37-13-12-36-26)32(27)49(3,4)47/h8-13,17-20,23H,5-7,14-16,21H2,1-4H3,(H3,38,40,41,42,43). The van der Waals surface area contributed by atoms with E-state index in [0.717, 1.165) is 47.5 Å². The summed E-state index contributed by atoms with van der Waals surface area (Å²) in [6, 6.07) is 10.5. The number of fused-ring (bicyclic) bond motifs is 3. The first-order valence-corrected chi connectivity index (χ1v) is 19.2. The van der Waals surface area contributed by atoms with Crippen molar-refractivity contribution in [1.82, 2.24) is 39.6 Å². The number of benzene rings is 2. The molecule has 0 spiro atoms. The Morgan fingerprint density at radius 2 is 1.88 bits per heavy atom. The number of H-pyrrole nitrogens is 1. The Morgan fingerprint density at radius 3 is 2.69 bits per heavy atom. The zero-order chi connectivity index (χ0) is 33.7. The smallest absolute Gasteiger partial charge is 0.231 e. The molecule has 4 aromatic heterocycles. The van der Waals surface area contributed by atoms with Gasteiger partial charge in [-0.1, -0.05) is 6.42 Å². The van der Waals surface area contributed by atoms with E-state index < -0.39 is 7.14 Å². The molecule has 2 fully saturated rings. The van der Waals surface area contributed by atoms with Crippen LogP contribution in [0.1, 0.15) is 19.3 Å². The first-order chi connectivity index (χ1) is 23.7. The zero-order valence-electron chi connectivity index (χ0n) is 28.1. The highest BCUT2D eigenvalue weighted by Crippen LogP contribution is 2.43. The molecule has 0 amide bonds. The second-order valence-electron chi connectivity index (χ2n) is 13.2. The third kappa shape index (κ3) is 5.97. The maximum Gasteiger partial charge on any atom is 0.231 e. The minimum absolute atomic E-state index is 0.370. The number of anilines is 5. The van der Waals surface area contributed by atoms with Crippen molar-refractivity contribution in [3.8, 4) is 16.9 Å². The Hall–Kier alpha value is -5.00. The molecular formula is C35H40N11O2P. The molecule has 1 atom stereocenters. The Balaban J connectivity index is 1.19. The molecule has 2 aromatic carbocycles. The molecule has 6 heterocycles. The number of piperazine rings is 1. The average molecular weight is 678 g/mol. The molecule has 2 aliphatic heterocycles. The number of ether oxygens (including phenoxy) is 1. The van der Waals surface area contributed by atoms with Crippen LogP contribution >= 0.6 is 7.14 Å². The van der Waals surface area contributed by atoms with Crippen LogP contribution in [0, 0.1) is 0 Å². The van der Waals surface area contributed by atoms with Crippen LogP contribution in [0.4, 0.5) is 28.8 Å². The van der Waals surface area contributed by atoms with E-state index in [0.29, 0.717) is 51.2 Å². The molecule has 252 valence electrons. The van der Waals surface area contributed by atoms with E-state index in [2.05, 4.69) is 52.6 Å². The van der Waals surface area contributed by atoms with Crippen molar-refractivity contribution in [3.63, 3.8) is 0 Å². The van der Waals surface area contributed by atoms with Crippen molar-refractivity contribution in [2.45, 2.75) is 25.3 Å². The third-order valence-electron chi connectivity index (χ3n) is 9.58. The van der Waals surface area contributed by atoms with Crippen molar-refractivity contribution in [1.29, 1.82) is 0 Å². The number of methoxy groups -OCH3 is 1. The van der Waals surface area contributed by atoms with Crippen LogP contribution in [0.2, 0.25) is 0 Å². The molecule has 2 aliphatic rings. The molecule has 13 nitrogen and oxygen atoms in total. The summed E-state index contributed by atoms with van der Waals surface area (Å²) >= 11 is 0. The fraction of sp³-hybridized carbons (Fsp3) is 0.343. The number of aryl methyl sites for hydroxylation is 1. The van der Waals surface area contributed by atoms with Gasteiger partial charge in [-0.05, 0) is 57.0 Å². The summed E-state index contributed by atoms with van der Waals surface area (Å²) in [6.45, 7) is 7.66. The maximum absolute atomic E-state index is 13.6. The van der Waals surface area contributed by atoms with Gasteiger partial charge in [-0.15, -0.1) is 0 Å². The molecule has 14 heteroatoms. The second kappa shape index (κ2) is 12.5. The lowest BCUT2D eigenvalue weighted by Crippen LogP contribution is -2.55. The Bertz CT molecular complexity index is 2220. The van der Waals surface area contributed by atoms with Gasteiger partial charge in [-0.3, -0.25) is 19.5 Å². The van der Waals surface area contributed by atoms with Crippen molar-refractivity contribution in [3.05, 3.63) is 61.3 Å². The minimum Gasteiger partial charge on any atom is -0.494 e. The molecule has 0 saturated carbocycles. The van der Waals surface area contributed by atoms with Crippen LogP contribution in [0.5, 0.6) is 5.75 Å². The lowest BCUT2D eigenvalue weighted by Gasteiger charge is -2.45. The van der Waals surface area contributed by atoms with Gasteiger partial charge in [-0.2, -0.15) is 15.1 Å². The summed E-state index contributed by atoms with van der Waals surface area (Å²) in [4.78, 5) is 27.1. The molecule has 0 bridgehead atoms. The van der Waals surface area contributed by atoms with Crippen LogP contribution in [-0.4, -0.2) is 92.3 Å². The number of hydrogen-bond acceptors (Lipinski definition) is 11. The van der Waals surface area contributed by atoms with Crippen LogP contribution in [-0.2, 0) is 11.6 Å². The van der Waals surface area contributed by atoms with E-state index in [1.165, 1.54) is 25.8 Å². The summed E-state index contributed by atoms with van der Waals surface area (Å²) in [5, 5.41) is 12.8. The van der Waals surface area contributed by atoms with Gasteiger partial charge < -0.3 is 29.8 Å². The zero-order valence-corrected chi connectivity index (χ0v) is 29.0. The molecule has 49 heavy (non-hydrogen) atoms. The number of rotatable bonds is 8. The molecule has 0 radical (unpaired) electrons. The predicted molar refractivity (Wildman–Crippen MR) is 196 cm³/mol. The fourth-order valence-electron chi connectivity index (χ4n) is 7.27. The molecule has 2 saturated heterocycles. The van der Waals surface area contributed by atoms with Crippen LogP contribution in [0.15, 0.2) is 61.3 Å². The van der Waals surface area contributed by atoms with Crippen molar-refractivity contribution in [2.24, 2.45) is 7.05 Å². The summed E-state index contributed by atoms with van der Waals surface area (Å²) in [5.41, 5.74) is 6.53. The van der Waals surface area contributed by atoms with Gasteiger partial charge in [0, 0.05) is 80.4 Å². The topological polar surface area (TPSA) is 142 Å². The van der Waals surface area contributed by atoms with Gasteiger partial charge in [0.25, 0.3) is 0 Å². The SMILES string of the molecule is COc1cc(N2CCN3CCCCC3C2)c(-c2cnn(C)c2)cc1Nc1nc(Nc2ccc3nccnc3c2P(C)(C)=O)c2cc[nH]c2n1. The highest BCUT2D eigenvalue weighted by molar-refractivity contribution is 7.71. The van der Waals surface area contributed by atoms with E-state index in [4.69, 9.17) is 14.7 Å². The lowest BCUT2D eigenvalue weighted by molar-refractivity contribution is 0.133. The number of hydrogen-bond donors (Lipinski definition) is 3. The second-order valence-corrected chi connectivity index (χ2v) is 16.4. The number of aromatic amines is 1. The molecule has 0 aliphatic carbocycles. The fourth-order valence-corrected chi connectivity index (χ4v) is 8.66. The summed E-state index contributed by atoms with van der Waals surface area (Å²) in [6.07, 6.45) is 12.8. The minimum atomic E-state index is -2.78. The highest BCUT2D eigenvalue weighted by atomic mass is 31.2. The Labute approximate surface area is 284 Å². The van der Waals surface area contributed by atoms with Gasteiger partial charge in [0.1, 0.15) is 29.9 Å². The quantitative estimate of drug-likeness (QED) is 0.170. The lowest BCUT2D eigenvalue weighted by atomic mass is 9.97. The van der Waals surface area contributed by atoms with Crippen LogP contribution in [0.3, 0.4) is 0 Å². The largest absolute Gasteiger partial charge is 0.494 e. The van der Waals surface area contributed by atoms with Gasteiger partial charge >= 0.3 is 0 Å². The first-order valence-electron chi connectivity index (χ1n) is 16.6. The number of piperidine rings is 1. The number of aromatic nitrogens is 7.